The minimum Gasteiger partial charge on any atom is -0.497 e. The van der Waals surface area contributed by atoms with Gasteiger partial charge >= 0.3 is 0 Å². The van der Waals surface area contributed by atoms with Gasteiger partial charge < -0.3 is 4.74 Å². The Balaban J connectivity index is 1.91. The second-order valence-electron chi connectivity index (χ2n) is 4.43. The average Bonchev–Trinajstić information content (AvgIpc) is 2.84. The molecular formula is C15H12N2O3. The van der Waals surface area contributed by atoms with Crippen molar-refractivity contribution in [1.29, 1.82) is 0 Å². The summed E-state index contributed by atoms with van der Waals surface area (Å²) in [5.74, 6) is -0.159. The number of hydrogen-bond acceptors (Lipinski definition) is 4. The summed E-state index contributed by atoms with van der Waals surface area (Å²) in [6.07, 6.45) is 1.49. The smallest absolute Gasteiger partial charge is 0.279 e. The summed E-state index contributed by atoms with van der Waals surface area (Å²) in [5, 5.41) is 0. The van der Waals surface area contributed by atoms with Crippen LogP contribution in [0.3, 0.4) is 0 Å². The number of fused-ring (bicyclic) bond motifs is 1. The molecule has 1 aromatic heterocycles. The van der Waals surface area contributed by atoms with Crippen molar-refractivity contribution in [2.75, 3.05) is 7.11 Å². The Labute approximate surface area is 115 Å². The van der Waals surface area contributed by atoms with Crippen molar-refractivity contribution in [3.8, 4) is 5.75 Å². The zero-order valence-corrected chi connectivity index (χ0v) is 10.9. The maximum absolute atomic E-state index is 12.4. The molecule has 0 fully saturated rings. The van der Waals surface area contributed by atoms with Crippen LogP contribution in [-0.2, 0) is 6.54 Å². The van der Waals surface area contributed by atoms with E-state index in [0.29, 0.717) is 11.3 Å². The van der Waals surface area contributed by atoms with Crippen LogP contribution in [0.25, 0.3) is 0 Å². The molecule has 20 heavy (non-hydrogen) atoms. The number of benzene rings is 1. The van der Waals surface area contributed by atoms with Crippen molar-refractivity contribution in [1.82, 2.24) is 9.88 Å². The van der Waals surface area contributed by atoms with Gasteiger partial charge in [-0.3, -0.25) is 19.5 Å². The van der Waals surface area contributed by atoms with Crippen molar-refractivity contribution >= 4 is 11.8 Å². The van der Waals surface area contributed by atoms with Gasteiger partial charge in [0.15, 0.2) is 0 Å². The number of nitrogens with zero attached hydrogens (tertiary/aromatic N) is 2. The van der Waals surface area contributed by atoms with Gasteiger partial charge in [-0.05, 0) is 17.7 Å². The Morgan fingerprint density at radius 3 is 2.85 bits per heavy atom. The van der Waals surface area contributed by atoms with E-state index in [-0.39, 0.29) is 18.1 Å². The van der Waals surface area contributed by atoms with Gasteiger partial charge in [0.25, 0.3) is 11.8 Å². The Morgan fingerprint density at radius 2 is 2.10 bits per heavy atom. The highest BCUT2D eigenvalue weighted by molar-refractivity contribution is 6.12. The molecule has 1 aliphatic rings. The van der Waals surface area contributed by atoms with Crippen LogP contribution in [0.2, 0.25) is 0 Å². The fraction of sp³-hybridized carbons (Fsp3) is 0.133. The standard InChI is InChI=1S/C15H12N2O3/c1-20-11-6-7-16-13(8-11)15(19)17-9-10-4-2-3-5-12(10)14(17)18/h2-8H,9H2,1H3. The molecule has 0 radical (unpaired) electrons. The third-order valence-corrected chi connectivity index (χ3v) is 3.25. The second kappa shape index (κ2) is 4.77. The van der Waals surface area contributed by atoms with E-state index >= 15 is 0 Å². The molecule has 0 N–H and O–H groups in total. The van der Waals surface area contributed by atoms with E-state index in [4.69, 9.17) is 4.74 Å². The lowest BCUT2D eigenvalue weighted by molar-refractivity contribution is 0.0627. The molecule has 2 aromatic rings. The zero-order valence-electron chi connectivity index (χ0n) is 10.9. The lowest BCUT2D eigenvalue weighted by atomic mass is 10.1. The van der Waals surface area contributed by atoms with Crippen molar-refractivity contribution in [2.45, 2.75) is 6.54 Å². The monoisotopic (exact) mass is 268 g/mol. The highest BCUT2D eigenvalue weighted by Gasteiger charge is 2.32. The Morgan fingerprint density at radius 1 is 1.30 bits per heavy atom. The molecule has 0 saturated heterocycles. The molecule has 0 bridgehead atoms. The van der Waals surface area contributed by atoms with Crippen LogP contribution in [0.15, 0.2) is 42.6 Å². The van der Waals surface area contributed by atoms with E-state index in [0.717, 1.165) is 5.56 Å². The average molecular weight is 268 g/mol. The molecule has 1 aromatic carbocycles. The first-order chi connectivity index (χ1) is 9.70. The Kier molecular flexibility index (Phi) is 2.95. The molecule has 0 saturated carbocycles. The number of methoxy groups -OCH3 is 1. The van der Waals surface area contributed by atoms with Gasteiger partial charge in [-0.2, -0.15) is 0 Å². The molecule has 2 heterocycles. The van der Waals surface area contributed by atoms with Crippen LogP contribution in [0.5, 0.6) is 5.75 Å². The Hall–Kier alpha value is -2.69. The molecular weight excluding hydrogens is 256 g/mol. The minimum atomic E-state index is -0.412. The van der Waals surface area contributed by atoms with Gasteiger partial charge in [0.2, 0.25) is 0 Å². The summed E-state index contributed by atoms with van der Waals surface area (Å²) in [4.78, 5) is 29.8. The second-order valence-corrected chi connectivity index (χ2v) is 4.43. The van der Waals surface area contributed by atoms with Gasteiger partial charge in [-0.1, -0.05) is 18.2 Å². The molecule has 0 spiro atoms. The number of rotatable bonds is 2. The van der Waals surface area contributed by atoms with Gasteiger partial charge in [0, 0.05) is 17.8 Å². The summed E-state index contributed by atoms with van der Waals surface area (Å²) in [6.45, 7) is 0.284. The molecule has 5 nitrogen and oxygen atoms in total. The maximum atomic E-state index is 12.4. The molecule has 3 rings (SSSR count). The molecule has 1 aliphatic heterocycles. The zero-order chi connectivity index (χ0) is 14.1. The van der Waals surface area contributed by atoms with E-state index in [2.05, 4.69) is 4.98 Å². The number of aromatic nitrogens is 1. The van der Waals surface area contributed by atoms with Gasteiger partial charge in [-0.25, -0.2) is 0 Å². The summed E-state index contributed by atoms with van der Waals surface area (Å²) < 4.78 is 5.06. The van der Waals surface area contributed by atoms with Crippen molar-refractivity contribution in [3.63, 3.8) is 0 Å². The van der Waals surface area contributed by atoms with E-state index in [9.17, 15) is 9.59 Å². The van der Waals surface area contributed by atoms with Gasteiger partial charge in [-0.15, -0.1) is 0 Å². The Bertz CT molecular complexity index is 697. The normalized spacial score (nSPS) is 13.2. The lowest BCUT2D eigenvalue weighted by Gasteiger charge is -2.13. The maximum Gasteiger partial charge on any atom is 0.279 e. The van der Waals surface area contributed by atoms with E-state index in [1.807, 2.05) is 12.1 Å². The molecule has 2 amide bonds. The number of imide groups is 1. The topological polar surface area (TPSA) is 59.5 Å². The van der Waals surface area contributed by atoms with Gasteiger partial charge in [0.05, 0.1) is 13.7 Å². The number of amides is 2. The molecule has 0 atom stereocenters. The van der Waals surface area contributed by atoms with Crippen LogP contribution in [-0.4, -0.2) is 28.8 Å². The third kappa shape index (κ3) is 1.93. The molecule has 5 heteroatoms. The predicted octanol–water partition coefficient (Wildman–Crippen LogP) is 1.89. The van der Waals surface area contributed by atoms with E-state index < -0.39 is 5.91 Å². The van der Waals surface area contributed by atoms with Crippen LogP contribution in [0.4, 0.5) is 0 Å². The molecule has 0 unspecified atom stereocenters. The van der Waals surface area contributed by atoms with E-state index in [1.165, 1.54) is 24.3 Å². The largest absolute Gasteiger partial charge is 0.497 e. The van der Waals surface area contributed by atoms with Gasteiger partial charge in [0.1, 0.15) is 11.4 Å². The first kappa shape index (κ1) is 12.3. The van der Waals surface area contributed by atoms with Crippen LogP contribution in [0, 0.1) is 0 Å². The number of ether oxygens (including phenoxy) is 1. The highest BCUT2D eigenvalue weighted by atomic mass is 16.5. The first-order valence-electron chi connectivity index (χ1n) is 6.15. The quantitative estimate of drug-likeness (QED) is 0.780. The minimum absolute atomic E-state index is 0.200. The highest BCUT2D eigenvalue weighted by Crippen LogP contribution is 2.24. The number of carbonyl (C=O) groups excluding carboxylic acids is 2. The summed E-state index contributed by atoms with van der Waals surface area (Å²) in [5.41, 5.74) is 1.63. The number of carbonyl (C=O) groups is 2. The van der Waals surface area contributed by atoms with Crippen LogP contribution >= 0.6 is 0 Å². The SMILES string of the molecule is COc1ccnc(C(=O)N2Cc3ccccc3C2=O)c1. The number of hydrogen-bond donors (Lipinski definition) is 0. The van der Waals surface area contributed by atoms with Crippen LogP contribution < -0.4 is 4.74 Å². The van der Waals surface area contributed by atoms with Crippen molar-refractivity contribution in [3.05, 3.63) is 59.4 Å². The van der Waals surface area contributed by atoms with Crippen LogP contribution in [0.1, 0.15) is 26.4 Å². The summed E-state index contributed by atoms with van der Waals surface area (Å²) >= 11 is 0. The third-order valence-electron chi connectivity index (χ3n) is 3.25. The van der Waals surface area contributed by atoms with E-state index in [1.54, 1.807) is 18.2 Å². The first-order valence-corrected chi connectivity index (χ1v) is 6.15. The fourth-order valence-electron chi connectivity index (χ4n) is 2.21. The molecule has 0 aliphatic carbocycles. The summed E-state index contributed by atoms with van der Waals surface area (Å²) in [7, 11) is 1.51. The number of pyridine rings is 1. The molecule has 100 valence electrons. The summed E-state index contributed by atoms with van der Waals surface area (Å²) in [6, 6.07) is 10.4. The lowest BCUT2D eigenvalue weighted by Crippen LogP contribution is -2.31. The fourth-order valence-corrected chi connectivity index (χ4v) is 2.21. The predicted molar refractivity (Wildman–Crippen MR) is 71.4 cm³/mol. The van der Waals surface area contributed by atoms with Crippen molar-refractivity contribution in [2.24, 2.45) is 0 Å². The van der Waals surface area contributed by atoms with Crippen molar-refractivity contribution < 1.29 is 14.3 Å².